The molecule has 0 fully saturated rings. The Kier molecular flexibility index (Phi) is 4.32. The number of anilines is 2. The summed E-state index contributed by atoms with van der Waals surface area (Å²) in [6.07, 6.45) is 0. The highest BCUT2D eigenvalue weighted by molar-refractivity contribution is 9.10. The maximum atomic E-state index is 13.5. The van der Waals surface area contributed by atoms with Crippen molar-refractivity contribution < 1.29 is 35.1 Å². The summed E-state index contributed by atoms with van der Waals surface area (Å²) < 4.78 is 105. The maximum absolute atomic E-state index is 13.5. The van der Waals surface area contributed by atoms with E-state index in [9.17, 15) is 35.1 Å². The first kappa shape index (κ1) is 16.5. The fourth-order valence-electron chi connectivity index (χ4n) is 1.52. The van der Waals surface area contributed by atoms with Gasteiger partial charge >= 0.3 is 0 Å². The molecule has 2 rings (SSSR count). The minimum absolute atomic E-state index is 0.148. The van der Waals surface area contributed by atoms with E-state index in [-0.39, 0.29) is 6.07 Å². The first-order chi connectivity index (χ1) is 10.2. The fraction of sp³-hybridized carbons (Fsp3) is 0. The molecular formula is C12H2BrF8N. The van der Waals surface area contributed by atoms with E-state index >= 15 is 0 Å². The van der Waals surface area contributed by atoms with Crippen LogP contribution >= 0.6 is 15.9 Å². The molecule has 0 bridgehead atoms. The second-order valence-electron chi connectivity index (χ2n) is 3.91. The highest BCUT2D eigenvalue weighted by Crippen LogP contribution is 2.35. The lowest BCUT2D eigenvalue weighted by atomic mass is 10.2. The molecule has 2 aromatic rings. The van der Waals surface area contributed by atoms with Crippen LogP contribution in [0.2, 0.25) is 0 Å². The lowest BCUT2D eigenvalue weighted by Crippen LogP contribution is -2.08. The number of halogens is 9. The van der Waals surface area contributed by atoms with Gasteiger partial charge in [0.25, 0.3) is 0 Å². The van der Waals surface area contributed by atoms with Crippen molar-refractivity contribution in [2.45, 2.75) is 0 Å². The molecule has 0 unspecified atom stereocenters. The van der Waals surface area contributed by atoms with Gasteiger partial charge in [-0.3, -0.25) is 0 Å². The zero-order valence-corrected chi connectivity index (χ0v) is 11.6. The SMILES string of the molecule is Fc1cc(F)c(F)c(Nc2c(F)c(F)c(Br)c(F)c2F)c1F. The van der Waals surface area contributed by atoms with Gasteiger partial charge in [0.2, 0.25) is 0 Å². The van der Waals surface area contributed by atoms with Gasteiger partial charge in [0.15, 0.2) is 46.5 Å². The summed E-state index contributed by atoms with van der Waals surface area (Å²) in [6.45, 7) is 0. The van der Waals surface area contributed by atoms with Gasteiger partial charge in [-0.15, -0.1) is 0 Å². The molecule has 1 nitrogen and oxygen atoms in total. The molecule has 0 saturated carbocycles. The van der Waals surface area contributed by atoms with E-state index in [1.807, 2.05) is 0 Å². The molecule has 0 radical (unpaired) electrons. The highest BCUT2D eigenvalue weighted by atomic mass is 79.9. The fourth-order valence-corrected chi connectivity index (χ4v) is 1.87. The lowest BCUT2D eigenvalue weighted by Gasteiger charge is -2.13. The number of benzene rings is 2. The Hall–Kier alpha value is -1.84. The normalized spacial score (nSPS) is 11.0. The average Bonchev–Trinajstić information content (AvgIpc) is 2.48. The minimum atomic E-state index is -2.05. The molecule has 0 heterocycles. The average molecular weight is 392 g/mol. The molecule has 118 valence electrons. The van der Waals surface area contributed by atoms with E-state index in [1.54, 1.807) is 0 Å². The Labute approximate surface area is 125 Å². The van der Waals surface area contributed by atoms with Gasteiger partial charge in [-0.25, -0.2) is 35.1 Å². The predicted octanol–water partition coefficient (Wildman–Crippen LogP) is 5.31. The van der Waals surface area contributed by atoms with E-state index in [0.29, 0.717) is 0 Å². The van der Waals surface area contributed by atoms with Gasteiger partial charge in [0.05, 0.1) is 4.47 Å². The predicted molar refractivity (Wildman–Crippen MR) is 63.5 cm³/mol. The third-order valence-corrected chi connectivity index (χ3v) is 3.27. The van der Waals surface area contributed by atoms with Crippen molar-refractivity contribution in [1.29, 1.82) is 0 Å². The summed E-state index contributed by atoms with van der Waals surface area (Å²) in [6, 6.07) is -0.148. The van der Waals surface area contributed by atoms with Crippen LogP contribution in [-0.4, -0.2) is 0 Å². The second kappa shape index (κ2) is 5.75. The molecule has 10 heteroatoms. The van der Waals surface area contributed by atoms with Gasteiger partial charge < -0.3 is 5.32 Å². The van der Waals surface area contributed by atoms with Gasteiger partial charge in [-0.05, 0) is 15.9 Å². The van der Waals surface area contributed by atoms with Crippen molar-refractivity contribution >= 4 is 27.3 Å². The van der Waals surface area contributed by atoms with Crippen molar-refractivity contribution in [3.05, 3.63) is 57.1 Å². The molecule has 0 atom stereocenters. The highest BCUT2D eigenvalue weighted by Gasteiger charge is 2.27. The first-order valence-electron chi connectivity index (χ1n) is 5.28. The summed E-state index contributed by atoms with van der Waals surface area (Å²) in [4.78, 5) is 0. The third kappa shape index (κ3) is 2.51. The van der Waals surface area contributed by atoms with Crippen LogP contribution in [-0.2, 0) is 0 Å². The molecule has 0 saturated heterocycles. The number of hydrogen-bond donors (Lipinski definition) is 1. The number of rotatable bonds is 2. The van der Waals surface area contributed by atoms with Crippen LogP contribution in [0.5, 0.6) is 0 Å². The van der Waals surface area contributed by atoms with Crippen LogP contribution in [0, 0.1) is 46.5 Å². The Balaban J connectivity index is 2.68. The van der Waals surface area contributed by atoms with Crippen LogP contribution < -0.4 is 5.32 Å². The van der Waals surface area contributed by atoms with Crippen molar-refractivity contribution in [2.75, 3.05) is 5.32 Å². The second-order valence-corrected chi connectivity index (χ2v) is 4.71. The van der Waals surface area contributed by atoms with Crippen molar-refractivity contribution in [1.82, 2.24) is 0 Å². The van der Waals surface area contributed by atoms with E-state index in [1.165, 1.54) is 5.32 Å². The van der Waals surface area contributed by atoms with Crippen LogP contribution in [0.15, 0.2) is 10.5 Å². The molecule has 0 aliphatic carbocycles. The zero-order valence-electron chi connectivity index (χ0n) is 9.98. The summed E-state index contributed by atoms with van der Waals surface area (Å²) in [7, 11) is 0. The summed E-state index contributed by atoms with van der Waals surface area (Å²) in [5.74, 6) is -15.7. The standard InChI is InChI=1S/C12H2BrF8N/c13-4-7(18)9(20)12(10(21)8(4)19)22-11-5(16)2(14)1-3(15)6(11)17/h1,22H. The molecule has 2 aromatic carbocycles. The molecule has 0 amide bonds. The molecule has 0 spiro atoms. The zero-order chi connectivity index (χ0) is 16.8. The molecule has 0 aromatic heterocycles. The topological polar surface area (TPSA) is 12.0 Å². The first-order valence-corrected chi connectivity index (χ1v) is 6.07. The van der Waals surface area contributed by atoms with Crippen molar-refractivity contribution in [2.24, 2.45) is 0 Å². The van der Waals surface area contributed by atoms with E-state index < -0.39 is 62.4 Å². The molecule has 22 heavy (non-hydrogen) atoms. The Morgan fingerprint density at radius 3 is 1.36 bits per heavy atom. The Morgan fingerprint density at radius 2 is 0.955 bits per heavy atom. The molecule has 1 N–H and O–H groups in total. The minimum Gasteiger partial charge on any atom is -0.346 e. The Morgan fingerprint density at radius 1 is 0.591 bits per heavy atom. The number of hydrogen-bond acceptors (Lipinski definition) is 1. The monoisotopic (exact) mass is 391 g/mol. The van der Waals surface area contributed by atoms with Crippen LogP contribution in [0.3, 0.4) is 0 Å². The lowest BCUT2D eigenvalue weighted by molar-refractivity contribution is 0.448. The van der Waals surface area contributed by atoms with Gasteiger partial charge in [0, 0.05) is 6.07 Å². The van der Waals surface area contributed by atoms with Gasteiger partial charge in [-0.1, -0.05) is 0 Å². The third-order valence-electron chi connectivity index (χ3n) is 2.57. The smallest absolute Gasteiger partial charge is 0.186 e. The summed E-state index contributed by atoms with van der Waals surface area (Å²) >= 11 is 2.23. The maximum Gasteiger partial charge on any atom is 0.186 e. The van der Waals surface area contributed by atoms with Crippen molar-refractivity contribution in [3.63, 3.8) is 0 Å². The van der Waals surface area contributed by atoms with Crippen LogP contribution in [0.4, 0.5) is 46.5 Å². The molecular weight excluding hydrogens is 390 g/mol. The van der Waals surface area contributed by atoms with Gasteiger partial charge in [-0.2, -0.15) is 0 Å². The molecule has 0 aliphatic rings. The number of nitrogens with one attached hydrogen (secondary N) is 1. The summed E-state index contributed by atoms with van der Waals surface area (Å²) in [5, 5.41) is 1.29. The van der Waals surface area contributed by atoms with E-state index in [4.69, 9.17) is 0 Å². The quantitative estimate of drug-likeness (QED) is 0.415. The largest absolute Gasteiger partial charge is 0.346 e. The van der Waals surface area contributed by atoms with Crippen LogP contribution in [0.25, 0.3) is 0 Å². The summed E-state index contributed by atoms with van der Waals surface area (Å²) in [5.41, 5.74) is -3.29. The van der Waals surface area contributed by atoms with E-state index in [2.05, 4.69) is 15.9 Å². The molecule has 0 aliphatic heterocycles. The van der Waals surface area contributed by atoms with Gasteiger partial charge in [0.1, 0.15) is 11.4 Å². The Bertz CT molecular complexity index is 721. The van der Waals surface area contributed by atoms with Crippen LogP contribution in [0.1, 0.15) is 0 Å². The van der Waals surface area contributed by atoms with E-state index in [0.717, 1.165) is 0 Å². The van der Waals surface area contributed by atoms with Crippen molar-refractivity contribution in [3.8, 4) is 0 Å².